The molecule has 0 atom stereocenters. The summed E-state index contributed by atoms with van der Waals surface area (Å²) in [6, 6.07) is 5.32. The highest BCUT2D eigenvalue weighted by molar-refractivity contribution is 7.89. The molecule has 21 heavy (non-hydrogen) atoms. The lowest BCUT2D eigenvalue weighted by Crippen LogP contribution is -2.38. The van der Waals surface area contributed by atoms with Gasteiger partial charge in [0.1, 0.15) is 0 Å². The largest absolute Gasteiger partial charge is 0.243 e. The van der Waals surface area contributed by atoms with Crippen LogP contribution in [0.2, 0.25) is 0 Å². The van der Waals surface area contributed by atoms with Gasteiger partial charge in [-0.15, -0.1) is 11.6 Å². The number of hydrogen-bond acceptors (Lipinski definition) is 2. The van der Waals surface area contributed by atoms with Crippen LogP contribution >= 0.6 is 11.6 Å². The Labute approximate surface area is 133 Å². The average molecular weight is 330 g/mol. The summed E-state index contributed by atoms with van der Waals surface area (Å²) in [5, 5.41) is 0. The van der Waals surface area contributed by atoms with Gasteiger partial charge in [0, 0.05) is 18.5 Å². The molecule has 1 aliphatic carbocycles. The second-order valence-electron chi connectivity index (χ2n) is 6.03. The second-order valence-corrected chi connectivity index (χ2v) is 8.19. The maximum atomic E-state index is 12.9. The highest BCUT2D eigenvalue weighted by Crippen LogP contribution is 2.33. The van der Waals surface area contributed by atoms with Crippen LogP contribution in [0.5, 0.6) is 0 Å². The van der Waals surface area contributed by atoms with E-state index in [4.69, 9.17) is 11.6 Å². The first-order valence-corrected chi connectivity index (χ1v) is 9.57. The van der Waals surface area contributed by atoms with Crippen molar-refractivity contribution in [1.82, 2.24) is 4.31 Å². The Morgan fingerprint density at radius 1 is 1.29 bits per heavy atom. The first-order chi connectivity index (χ1) is 9.90. The summed E-state index contributed by atoms with van der Waals surface area (Å²) in [6.45, 7) is 6.55. The first kappa shape index (κ1) is 16.8. The smallest absolute Gasteiger partial charge is 0.207 e. The molecule has 1 aromatic rings. The molecular formula is C16H24ClNO2S. The summed E-state index contributed by atoms with van der Waals surface area (Å²) in [5.74, 6) is 0.876. The third-order valence-electron chi connectivity index (χ3n) is 4.02. The van der Waals surface area contributed by atoms with Crippen LogP contribution < -0.4 is 0 Å². The van der Waals surface area contributed by atoms with E-state index in [2.05, 4.69) is 0 Å². The number of aryl methyl sites for hydroxylation is 1. The molecule has 0 N–H and O–H groups in total. The quantitative estimate of drug-likeness (QED) is 0.713. The lowest BCUT2D eigenvalue weighted by molar-refractivity contribution is 0.341. The number of benzene rings is 1. The SMILES string of the molecule is CCc1ccc(S(=O)(=O)N(CC2CC2)C(C)C)cc1CCl. The number of halogens is 1. The lowest BCUT2D eigenvalue weighted by atomic mass is 10.1. The van der Waals surface area contributed by atoms with E-state index in [0.29, 0.717) is 23.2 Å². The Balaban J connectivity index is 2.36. The van der Waals surface area contributed by atoms with E-state index in [9.17, 15) is 8.42 Å². The predicted molar refractivity (Wildman–Crippen MR) is 87.1 cm³/mol. The van der Waals surface area contributed by atoms with Crippen LogP contribution in [0.15, 0.2) is 23.1 Å². The van der Waals surface area contributed by atoms with Crippen LogP contribution in [0.4, 0.5) is 0 Å². The van der Waals surface area contributed by atoms with Crippen molar-refractivity contribution in [2.24, 2.45) is 5.92 Å². The molecule has 2 rings (SSSR count). The summed E-state index contributed by atoms with van der Waals surface area (Å²) in [6.07, 6.45) is 3.14. The Hall–Kier alpha value is -0.580. The van der Waals surface area contributed by atoms with Crippen LogP contribution in [-0.2, 0) is 22.3 Å². The molecule has 1 fully saturated rings. The fourth-order valence-corrected chi connectivity index (χ4v) is 4.52. The molecule has 1 saturated carbocycles. The fourth-order valence-electron chi connectivity index (χ4n) is 2.51. The third-order valence-corrected chi connectivity index (χ3v) is 6.35. The molecule has 0 aliphatic heterocycles. The normalized spacial score (nSPS) is 15.9. The second kappa shape index (κ2) is 6.67. The van der Waals surface area contributed by atoms with Gasteiger partial charge in [-0.25, -0.2) is 8.42 Å². The van der Waals surface area contributed by atoms with Crippen molar-refractivity contribution >= 4 is 21.6 Å². The standard InChI is InChI=1S/C16H24ClNO2S/c1-4-14-7-8-16(9-15(14)10-17)21(19,20)18(12(2)3)11-13-5-6-13/h7-9,12-13H,4-6,10-11H2,1-3H3. The van der Waals surface area contributed by atoms with Crippen molar-refractivity contribution < 1.29 is 8.42 Å². The van der Waals surface area contributed by atoms with Gasteiger partial charge in [0.2, 0.25) is 10.0 Å². The van der Waals surface area contributed by atoms with Crippen LogP contribution in [0.1, 0.15) is 44.7 Å². The topological polar surface area (TPSA) is 37.4 Å². The van der Waals surface area contributed by atoms with Gasteiger partial charge in [-0.2, -0.15) is 4.31 Å². The van der Waals surface area contributed by atoms with Crippen molar-refractivity contribution in [2.75, 3.05) is 6.54 Å². The van der Waals surface area contributed by atoms with Crippen molar-refractivity contribution in [2.45, 2.75) is 56.9 Å². The molecule has 0 spiro atoms. The van der Waals surface area contributed by atoms with E-state index in [1.807, 2.05) is 26.8 Å². The van der Waals surface area contributed by atoms with Crippen molar-refractivity contribution in [1.29, 1.82) is 0 Å². The molecule has 0 amide bonds. The molecular weight excluding hydrogens is 306 g/mol. The average Bonchev–Trinajstić information content (AvgIpc) is 3.27. The number of nitrogens with zero attached hydrogens (tertiary/aromatic N) is 1. The zero-order chi connectivity index (χ0) is 15.6. The zero-order valence-electron chi connectivity index (χ0n) is 13.0. The minimum atomic E-state index is -3.44. The van der Waals surface area contributed by atoms with Crippen LogP contribution in [0, 0.1) is 5.92 Å². The zero-order valence-corrected chi connectivity index (χ0v) is 14.5. The van der Waals surface area contributed by atoms with Crippen LogP contribution in [0.3, 0.4) is 0 Å². The van der Waals surface area contributed by atoms with E-state index in [0.717, 1.165) is 30.4 Å². The summed E-state index contributed by atoms with van der Waals surface area (Å²) in [4.78, 5) is 0.365. The third kappa shape index (κ3) is 3.79. The van der Waals surface area contributed by atoms with Crippen molar-refractivity contribution in [3.63, 3.8) is 0 Å². The highest BCUT2D eigenvalue weighted by Gasteiger charge is 2.33. The Bertz CT molecular complexity index is 594. The van der Waals surface area contributed by atoms with E-state index < -0.39 is 10.0 Å². The van der Waals surface area contributed by atoms with Gasteiger partial charge >= 0.3 is 0 Å². The van der Waals surface area contributed by atoms with E-state index in [1.54, 1.807) is 16.4 Å². The summed E-state index contributed by atoms with van der Waals surface area (Å²) in [7, 11) is -3.44. The van der Waals surface area contributed by atoms with Gasteiger partial charge in [-0.1, -0.05) is 13.0 Å². The summed E-state index contributed by atoms with van der Waals surface area (Å²) in [5.41, 5.74) is 2.03. The van der Waals surface area contributed by atoms with Crippen LogP contribution in [-0.4, -0.2) is 25.3 Å². The molecule has 0 unspecified atom stereocenters. The van der Waals surface area contributed by atoms with Crippen molar-refractivity contribution in [3.8, 4) is 0 Å². The monoisotopic (exact) mass is 329 g/mol. The molecule has 0 aromatic heterocycles. The predicted octanol–water partition coefficient (Wildman–Crippen LogP) is 3.80. The Morgan fingerprint density at radius 3 is 2.43 bits per heavy atom. The first-order valence-electron chi connectivity index (χ1n) is 7.59. The molecule has 0 radical (unpaired) electrons. The molecule has 0 bridgehead atoms. The summed E-state index contributed by atoms with van der Waals surface area (Å²) < 4.78 is 27.4. The number of rotatable bonds is 7. The van der Waals surface area contributed by atoms with Crippen LogP contribution in [0.25, 0.3) is 0 Å². The molecule has 118 valence electrons. The Kier molecular flexibility index (Phi) is 5.33. The Morgan fingerprint density at radius 2 is 1.95 bits per heavy atom. The van der Waals surface area contributed by atoms with Crippen molar-refractivity contribution in [3.05, 3.63) is 29.3 Å². The van der Waals surface area contributed by atoms with Gasteiger partial charge in [0.15, 0.2) is 0 Å². The number of alkyl halides is 1. The fraction of sp³-hybridized carbons (Fsp3) is 0.625. The minimum Gasteiger partial charge on any atom is -0.207 e. The molecule has 1 aliphatic rings. The van der Waals surface area contributed by atoms with Gasteiger partial charge in [-0.3, -0.25) is 0 Å². The van der Waals surface area contributed by atoms with E-state index >= 15 is 0 Å². The molecule has 3 nitrogen and oxygen atoms in total. The summed E-state index contributed by atoms with van der Waals surface area (Å²) >= 11 is 5.96. The molecule has 0 heterocycles. The van der Waals surface area contributed by atoms with E-state index in [-0.39, 0.29) is 6.04 Å². The van der Waals surface area contributed by atoms with Gasteiger partial charge in [0.25, 0.3) is 0 Å². The maximum absolute atomic E-state index is 12.9. The highest BCUT2D eigenvalue weighted by atomic mass is 35.5. The van der Waals surface area contributed by atoms with E-state index in [1.165, 1.54) is 0 Å². The molecule has 0 saturated heterocycles. The lowest BCUT2D eigenvalue weighted by Gasteiger charge is -2.26. The molecule has 1 aromatic carbocycles. The van der Waals surface area contributed by atoms with Gasteiger partial charge in [0.05, 0.1) is 4.90 Å². The number of sulfonamides is 1. The molecule has 5 heteroatoms. The van der Waals surface area contributed by atoms with Gasteiger partial charge in [-0.05, 0) is 62.3 Å². The van der Waals surface area contributed by atoms with Gasteiger partial charge < -0.3 is 0 Å². The maximum Gasteiger partial charge on any atom is 0.243 e. The number of hydrogen-bond donors (Lipinski definition) is 0. The minimum absolute atomic E-state index is 0.0269.